The molecule has 1 heterocycles. The van der Waals surface area contributed by atoms with E-state index in [1.165, 1.54) is 11.1 Å². The summed E-state index contributed by atoms with van der Waals surface area (Å²) in [6.45, 7) is 6.55. The Morgan fingerprint density at radius 2 is 1.70 bits per heavy atom. The predicted octanol–water partition coefficient (Wildman–Crippen LogP) is 4.73. The van der Waals surface area contributed by atoms with Crippen LogP contribution < -0.4 is 0 Å². The molecular weight excluding hydrogens is 244 g/mol. The summed E-state index contributed by atoms with van der Waals surface area (Å²) in [5, 5.41) is 9.81. The topological polar surface area (TPSA) is 25.8 Å². The van der Waals surface area contributed by atoms with Gasteiger partial charge in [0.05, 0.1) is 11.2 Å². The largest absolute Gasteiger partial charge is 0.150 e. The Bertz CT molecular complexity index is 760. The van der Waals surface area contributed by atoms with Gasteiger partial charge in [0.1, 0.15) is 0 Å². The number of hydrogen-bond acceptors (Lipinski definition) is 2. The third kappa shape index (κ3) is 2.42. The van der Waals surface area contributed by atoms with E-state index in [0.717, 1.165) is 22.2 Å². The van der Waals surface area contributed by atoms with Gasteiger partial charge in [-0.2, -0.15) is 0 Å². The molecule has 20 heavy (non-hydrogen) atoms. The van der Waals surface area contributed by atoms with Crippen molar-refractivity contribution in [2.75, 3.05) is 0 Å². The van der Waals surface area contributed by atoms with Gasteiger partial charge in [-0.1, -0.05) is 43.7 Å². The normalized spacial score (nSPS) is 11.2. The van der Waals surface area contributed by atoms with Crippen LogP contribution in [0.1, 0.15) is 30.9 Å². The summed E-state index contributed by atoms with van der Waals surface area (Å²) in [7, 11) is 0. The summed E-state index contributed by atoms with van der Waals surface area (Å²) in [6, 6.07) is 16.8. The van der Waals surface area contributed by atoms with E-state index in [4.69, 9.17) is 0 Å². The van der Waals surface area contributed by atoms with Gasteiger partial charge in [0.2, 0.25) is 0 Å². The Labute approximate surface area is 119 Å². The maximum absolute atomic E-state index is 4.37. The van der Waals surface area contributed by atoms with Gasteiger partial charge in [-0.25, -0.2) is 0 Å². The quantitative estimate of drug-likeness (QED) is 0.667. The van der Waals surface area contributed by atoms with Crippen molar-refractivity contribution in [2.24, 2.45) is 0 Å². The Balaban J connectivity index is 2.15. The van der Waals surface area contributed by atoms with Crippen LogP contribution in [0, 0.1) is 6.92 Å². The first-order valence-corrected chi connectivity index (χ1v) is 6.98. The van der Waals surface area contributed by atoms with E-state index in [9.17, 15) is 0 Å². The van der Waals surface area contributed by atoms with E-state index < -0.39 is 0 Å². The number of aromatic nitrogens is 2. The molecule has 0 unspecified atom stereocenters. The summed E-state index contributed by atoms with van der Waals surface area (Å²) in [6.07, 6.45) is 0. The molecule has 2 nitrogen and oxygen atoms in total. The second-order valence-electron chi connectivity index (χ2n) is 5.58. The summed E-state index contributed by atoms with van der Waals surface area (Å²) in [4.78, 5) is 0. The highest BCUT2D eigenvalue weighted by Gasteiger charge is 2.07. The monoisotopic (exact) mass is 262 g/mol. The van der Waals surface area contributed by atoms with Gasteiger partial charge in [-0.15, -0.1) is 10.2 Å². The van der Waals surface area contributed by atoms with Crippen LogP contribution in [0.5, 0.6) is 0 Å². The van der Waals surface area contributed by atoms with Crippen molar-refractivity contribution in [2.45, 2.75) is 26.7 Å². The zero-order valence-electron chi connectivity index (χ0n) is 12.1. The highest BCUT2D eigenvalue weighted by Crippen LogP contribution is 2.26. The number of aryl methyl sites for hydroxylation is 1. The lowest BCUT2D eigenvalue weighted by atomic mass is 9.96. The van der Waals surface area contributed by atoms with Crippen LogP contribution >= 0.6 is 0 Å². The average molecular weight is 262 g/mol. The lowest BCUT2D eigenvalue weighted by Crippen LogP contribution is -1.93. The van der Waals surface area contributed by atoms with E-state index in [0.29, 0.717) is 5.92 Å². The number of hydrogen-bond donors (Lipinski definition) is 0. The van der Waals surface area contributed by atoms with E-state index in [-0.39, 0.29) is 0 Å². The first-order valence-electron chi connectivity index (χ1n) is 6.98. The molecule has 3 rings (SSSR count). The van der Waals surface area contributed by atoms with Crippen LogP contribution in [0.4, 0.5) is 0 Å². The molecule has 0 saturated carbocycles. The van der Waals surface area contributed by atoms with Crippen LogP contribution in [0.3, 0.4) is 0 Å². The maximum Gasteiger partial charge on any atom is 0.0936 e. The summed E-state index contributed by atoms with van der Waals surface area (Å²) < 4.78 is 0. The van der Waals surface area contributed by atoms with Crippen molar-refractivity contribution in [3.05, 3.63) is 59.7 Å². The lowest BCUT2D eigenvalue weighted by Gasteiger charge is -2.10. The molecule has 0 saturated heterocycles. The summed E-state index contributed by atoms with van der Waals surface area (Å²) in [5.74, 6) is 0.516. The molecule has 0 bridgehead atoms. The molecule has 0 atom stereocenters. The molecule has 2 aromatic carbocycles. The van der Waals surface area contributed by atoms with E-state index in [1.54, 1.807) is 0 Å². The Morgan fingerprint density at radius 3 is 2.50 bits per heavy atom. The minimum absolute atomic E-state index is 0.516. The smallest absolute Gasteiger partial charge is 0.0936 e. The molecule has 0 aliphatic heterocycles. The van der Waals surface area contributed by atoms with Crippen molar-refractivity contribution < 1.29 is 0 Å². The third-order valence-electron chi connectivity index (χ3n) is 3.56. The highest BCUT2D eigenvalue weighted by molar-refractivity contribution is 5.81. The van der Waals surface area contributed by atoms with Crippen LogP contribution in [-0.4, -0.2) is 10.2 Å². The molecule has 1 aromatic heterocycles. The van der Waals surface area contributed by atoms with Crippen molar-refractivity contribution in [1.82, 2.24) is 10.2 Å². The summed E-state index contributed by atoms with van der Waals surface area (Å²) in [5.41, 5.74) is 5.63. The van der Waals surface area contributed by atoms with Crippen molar-refractivity contribution in [3.63, 3.8) is 0 Å². The van der Waals surface area contributed by atoms with E-state index in [2.05, 4.69) is 61.3 Å². The van der Waals surface area contributed by atoms with Gasteiger partial charge < -0.3 is 0 Å². The molecule has 2 heteroatoms. The number of fused-ring (bicyclic) bond motifs is 1. The van der Waals surface area contributed by atoms with E-state index in [1.807, 2.05) is 18.2 Å². The molecule has 3 aromatic rings. The molecule has 0 amide bonds. The van der Waals surface area contributed by atoms with Crippen LogP contribution in [-0.2, 0) is 0 Å². The van der Waals surface area contributed by atoms with Crippen molar-refractivity contribution >= 4 is 10.9 Å². The Morgan fingerprint density at radius 1 is 0.900 bits per heavy atom. The number of benzene rings is 2. The molecule has 100 valence electrons. The number of rotatable bonds is 2. The molecule has 0 radical (unpaired) electrons. The molecule has 0 N–H and O–H groups in total. The van der Waals surface area contributed by atoms with Gasteiger partial charge in [0.25, 0.3) is 0 Å². The van der Waals surface area contributed by atoms with Crippen LogP contribution in [0.15, 0.2) is 48.5 Å². The Kier molecular flexibility index (Phi) is 3.23. The molecule has 0 spiro atoms. The van der Waals surface area contributed by atoms with Gasteiger partial charge in [0.15, 0.2) is 0 Å². The maximum atomic E-state index is 4.37. The highest BCUT2D eigenvalue weighted by atomic mass is 15.1. The fourth-order valence-electron chi connectivity index (χ4n) is 2.42. The average Bonchev–Trinajstić information content (AvgIpc) is 2.46. The first-order chi connectivity index (χ1) is 9.63. The second kappa shape index (κ2) is 5.04. The van der Waals surface area contributed by atoms with Gasteiger partial charge in [0, 0.05) is 10.9 Å². The molecular formula is C18H18N2. The van der Waals surface area contributed by atoms with Crippen molar-refractivity contribution in [3.8, 4) is 11.3 Å². The van der Waals surface area contributed by atoms with Gasteiger partial charge in [-0.05, 0) is 42.7 Å². The molecule has 0 aliphatic carbocycles. The van der Waals surface area contributed by atoms with Crippen molar-refractivity contribution in [1.29, 1.82) is 0 Å². The minimum atomic E-state index is 0.516. The Hall–Kier alpha value is -2.22. The SMILES string of the molecule is Cc1cc(-c2cc3ccccc3nn2)cc(C(C)C)c1. The van der Waals surface area contributed by atoms with Gasteiger partial charge in [-0.3, -0.25) is 0 Å². The predicted molar refractivity (Wildman–Crippen MR) is 83.8 cm³/mol. The number of nitrogens with zero attached hydrogens (tertiary/aromatic N) is 2. The third-order valence-corrected chi connectivity index (χ3v) is 3.56. The standard InChI is InChI=1S/C18H18N2/c1-12(2)15-8-13(3)9-16(10-15)18-11-14-6-4-5-7-17(14)19-20-18/h4-12H,1-3H3. The summed E-state index contributed by atoms with van der Waals surface area (Å²) >= 11 is 0. The second-order valence-corrected chi connectivity index (χ2v) is 5.58. The fourth-order valence-corrected chi connectivity index (χ4v) is 2.42. The molecule has 0 fully saturated rings. The zero-order chi connectivity index (χ0) is 14.1. The first kappa shape index (κ1) is 12.8. The fraction of sp³-hybridized carbons (Fsp3) is 0.222. The van der Waals surface area contributed by atoms with Crippen LogP contribution in [0.2, 0.25) is 0 Å². The van der Waals surface area contributed by atoms with E-state index >= 15 is 0 Å². The zero-order valence-corrected chi connectivity index (χ0v) is 12.1. The minimum Gasteiger partial charge on any atom is -0.150 e. The lowest BCUT2D eigenvalue weighted by molar-refractivity contribution is 0.865. The molecule has 0 aliphatic rings. The van der Waals surface area contributed by atoms with Gasteiger partial charge >= 0.3 is 0 Å². The van der Waals surface area contributed by atoms with Crippen LogP contribution in [0.25, 0.3) is 22.2 Å².